The van der Waals surface area contributed by atoms with E-state index in [-0.39, 0.29) is 36.6 Å². The molecule has 0 radical (unpaired) electrons. The van der Waals surface area contributed by atoms with Crippen molar-refractivity contribution in [3.8, 4) is 16.9 Å². The van der Waals surface area contributed by atoms with Crippen molar-refractivity contribution in [2.45, 2.75) is 52.2 Å². The molecule has 1 heterocycles. The van der Waals surface area contributed by atoms with Gasteiger partial charge in [0, 0.05) is 35.2 Å². The van der Waals surface area contributed by atoms with E-state index in [9.17, 15) is 19.2 Å². The topological polar surface area (TPSA) is 112 Å². The number of nitrogens with zero attached hydrogens (tertiary/aromatic N) is 1. The van der Waals surface area contributed by atoms with Gasteiger partial charge in [0.25, 0.3) is 5.56 Å². The molecule has 0 bridgehead atoms. The number of halogens is 1. The predicted octanol–water partition coefficient (Wildman–Crippen LogP) is 5.64. The summed E-state index contributed by atoms with van der Waals surface area (Å²) in [6.45, 7) is 7.34. The van der Waals surface area contributed by atoms with E-state index in [1.165, 1.54) is 43.0 Å². The summed E-state index contributed by atoms with van der Waals surface area (Å²) in [7, 11) is 1.44. The second kappa shape index (κ2) is 12.4. The highest BCUT2D eigenvalue weighted by molar-refractivity contribution is 6.31. The summed E-state index contributed by atoms with van der Waals surface area (Å²) in [6, 6.07) is 11.3. The molecule has 0 fully saturated rings. The summed E-state index contributed by atoms with van der Waals surface area (Å²) in [6.07, 6.45) is 1.68. The molecule has 0 aliphatic rings. The summed E-state index contributed by atoms with van der Waals surface area (Å²) in [5.74, 6) is -1.22. The van der Waals surface area contributed by atoms with Crippen molar-refractivity contribution in [2.24, 2.45) is 0 Å². The van der Waals surface area contributed by atoms with Crippen LogP contribution in [-0.2, 0) is 16.0 Å². The number of rotatable bonds is 11. The predicted molar refractivity (Wildman–Crippen MR) is 149 cm³/mol. The van der Waals surface area contributed by atoms with Gasteiger partial charge in [-0.3, -0.25) is 14.4 Å². The monoisotopic (exact) mass is 553 g/mol. The largest absolute Gasteiger partial charge is 0.495 e. The number of pyridine rings is 1. The third kappa shape index (κ3) is 7.65. The zero-order valence-corrected chi connectivity index (χ0v) is 23.4. The Labute approximate surface area is 232 Å². The van der Waals surface area contributed by atoms with Crippen LogP contribution in [0, 0.1) is 0 Å². The van der Waals surface area contributed by atoms with Gasteiger partial charge in [-0.05, 0) is 75.6 Å². The molecule has 0 saturated heterocycles. The van der Waals surface area contributed by atoms with Gasteiger partial charge in [-0.1, -0.05) is 23.7 Å². The zero-order valence-electron chi connectivity index (χ0n) is 22.6. The summed E-state index contributed by atoms with van der Waals surface area (Å²) < 4.78 is 12.8. The molecule has 1 aromatic heterocycles. The Morgan fingerprint density at radius 1 is 1.03 bits per heavy atom. The first-order valence-electron chi connectivity index (χ1n) is 12.4. The lowest BCUT2D eigenvalue weighted by atomic mass is 9.96. The lowest BCUT2D eigenvalue weighted by molar-refractivity contribution is -0.122. The van der Waals surface area contributed by atoms with E-state index in [1.807, 2.05) is 20.8 Å². The van der Waals surface area contributed by atoms with Gasteiger partial charge in [-0.25, -0.2) is 4.79 Å². The van der Waals surface area contributed by atoms with Crippen molar-refractivity contribution in [3.05, 3.63) is 86.8 Å². The first kappa shape index (κ1) is 29.8. The number of carboxylic acid groups (broad SMARTS) is 1. The van der Waals surface area contributed by atoms with Gasteiger partial charge in [-0.15, -0.1) is 0 Å². The maximum atomic E-state index is 13.5. The fraction of sp³-hybridized carbons (Fsp3) is 0.333. The number of methoxy groups -OCH3 is 1. The number of carboxylic acids is 1. The van der Waals surface area contributed by atoms with E-state index in [4.69, 9.17) is 26.2 Å². The number of ether oxygens (including phenoxy) is 2. The lowest BCUT2D eigenvalue weighted by Gasteiger charge is -2.24. The molecule has 3 rings (SSSR count). The quantitative estimate of drug-likeness (QED) is 0.306. The molecule has 3 aromatic rings. The summed E-state index contributed by atoms with van der Waals surface area (Å²) in [5, 5.41) is 9.54. The molecular formula is C30H32ClNO7. The van der Waals surface area contributed by atoms with Crippen LogP contribution in [0.5, 0.6) is 5.75 Å². The third-order valence-corrected chi connectivity index (χ3v) is 6.36. The molecule has 0 saturated carbocycles. The minimum absolute atomic E-state index is 0.0145. The van der Waals surface area contributed by atoms with Crippen LogP contribution in [-0.4, -0.2) is 46.5 Å². The van der Waals surface area contributed by atoms with Crippen LogP contribution >= 0.6 is 11.6 Å². The molecule has 1 N–H and O–H groups in total. The molecule has 0 amide bonds. The number of Topliss-reactive ketones (excluding diaryl/α,β-unsaturated/α-hetero) is 2. The molecule has 39 heavy (non-hydrogen) atoms. The number of carbonyl (C=O) groups is 3. The smallest absolute Gasteiger partial charge is 0.335 e. The van der Waals surface area contributed by atoms with E-state index in [2.05, 4.69) is 0 Å². The minimum atomic E-state index is -1.06. The molecule has 206 valence electrons. The van der Waals surface area contributed by atoms with Crippen molar-refractivity contribution in [2.75, 3.05) is 13.7 Å². The highest BCUT2D eigenvalue weighted by Crippen LogP contribution is 2.34. The first-order chi connectivity index (χ1) is 18.3. The number of aromatic carboxylic acids is 1. The van der Waals surface area contributed by atoms with Crippen molar-refractivity contribution in [1.82, 2.24) is 4.57 Å². The van der Waals surface area contributed by atoms with Gasteiger partial charge in [0.1, 0.15) is 5.75 Å². The minimum Gasteiger partial charge on any atom is -0.495 e. The van der Waals surface area contributed by atoms with Crippen molar-refractivity contribution < 1.29 is 29.0 Å². The Morgan fingerprint density at radius 3 is 2.26 bits per heavy atom. The number of ketones is 2. The first-order valence-corrected chi connectivity index (χ1v) is 12.8. The molecule has 8 nitrogen and oxygen atoms in total. The Kier molecular flexibility index (Phi) is 9.48. The van der Waals surface area contributed by atoms with Gasteiger partial charge in [0.2, 0.25) is 0 Å². The van der Waals surface area contributed by atoms with Crippen LogP contribution in [0.25, 0.3) is 11.1 Å². The fourth-order valence-corrected chi connectivity index (χ4v) is 4.38. The number of hydrogen-bond acceptors (Lipinski definition) is 6. The van der Waals surface area contributed by atoms with Crippen molar-refractivity contribution >= 4 is 29.1 Å². The highest BCUT2D eigenvalue weighted by Gasteiger charge is 2.25. The van der Waals surface area contributed by atoms with E-state index in [1.54, 1.807) is 30.3 Å². The normalized spacial score (nSPS) is 12.2. The molecule has 9 heteroatoms. The maximum Gasteiger partial charge on any atom is 0.335 e. The number of hydrogen-bond donors (Lipinski definition) is 1. The molecule has 1 unspecified atom stereocenters. The van der Waals surface area contributed by atoms with E-state index >= 15 is 0 Å². The average Bonchev–Trinajstić information content (AvgIpc) is 2.86. The molecular weight excluding hydrogens is 522 g/mol. The van der Waals surface area contributed by atoms with Crippen molar-refractivity contribution in [1.29, 1.82) is 0 Å². The van der Waals surface area contributed by atoms with E-state index in [0.717, 1.165) is 0 Å². The molecule has 2 aromatic carbocycles. The van der Waals surface area contributed by atoms with Gasteiger partial charge in [0.15, 0.2) is 11.6 Å². The van der Waals surface area contributed by atoms with Crippen LogP contribution in [0.15, 0.2) is 59.5 Å². The van der Waals surface area contributed by atoms with Crippen molar-refractivity contribution in [3.63, 3.8) is 0 Å². The Morgan fingerprint density at radius 2 is 1.69 bits per heavy atom. The average molecular weight is 554 g/mol. The van der Waals surface area contributed by atoms with Crippen LogP contribution in [0.4, 0.5) is 0 Å². The Balaban J connectivity index is 2.05. The second-order valence-corrected chi connectivity index (χ2v) is 10.6. The number of carbonyl (C=O) groups excluding carboxylic acids is 2. The van der Waals surface area contributed by atoms with Crippen LogP contribution < -0.4 is 10.3 Å². The number of benzene rings is 2. The third-order valence-electron chi connectivity index (χ3n) is 6.13. The van der Waals surface area contributed by atoms with Gasteiger partial charge < -0.3 is 19.1 Å². The van der Waals surface area contributed by atoms with Gasteiger partial charge in [0.05, 0.1) is 30.5 Å². The summed E-state index contributed by atoms with van der Waals surface area (Å²) >= 11 is 6.20. The van der Waals surface area contributed by atoms with Crippen LogP contribution in [0.2, 0.25) is 5.02 Å². The Bertz CT molecular complexity index is 1440. The zero-order chi connectivity index (χ0) is 28.9. The Hall–Kier alpha value is -3.75. The second-order valence-electron chi connectivity index (χ2n) is 10.2. The molecule has 0 aliphatic carbocycles. The van der Waals surface area contributed by atoms with Crippen LogP contribution in [0.3, 0.4) is 0 Å². The lowest BCUT2D eigenvalue weighted by Crippen LogP contribution is -2.32. The van der Waals surface area contributed by atoms with Gasteiger partial charge in [-0.2, -0.15) is 0 Å². The van der Waals surface area contributed by atoms with Crippen LogP contribution in [0.1, 0.15) is 66.4 Å². The molecule has 0 aliphatic heterocycles. The SMILES string of the molecule is COc1cn(C(CCOC(C)(C)C)C(=O)Cc2ccc(C(=O)O)cc2)c(=O)cc1-c1cc(Cl)ccc1C(C)=O. The number of aromatic nitrogens is 1. The van der Waals surface area contributed by atoms with E-state index in [0.29, 0.717) is 33.0 Å². The molecule has 0 spiro atoms. The summed E-state index contributed by atoms with van der Waals surface area (Å²) in [5.41, 5.74) is 1.04. The maximum absolute atomic E-state index is 13.5. The summed E-state index contributed by atoms with van der Waals surface area (Å²) in [4.78, 5) is 50.5. The van der Waals surface area contributed by atoms with E-state index < -0.39 is 23.2 Å². The fourth-order valence-electron chi connectivity index (χ4n) is 4.21. The highest BCUT2D eigenvalue weighted by atomic mass is 35.5. The molecule has 1 atom stereocenters. The standard InChI is InChI=1S/C30H32ClNO7/c1-18(33)22-11-10-21(31)15-23(22)24-16-28(35)32(17-27(24)38-5)25(12-13-39-30(2,3)4)26(34)14-19-6-8-20(9-7-19)29(36)37/h6-11,15-17,25H,12-14H2,1-5H3,(H,36,37). The van der Waals surface area contributed by atoms with Gasteiger partial charge >= 0.3 is 5.97 Å².